The van der Waals surface area contributed by atoms with E-state index in [0.717, 1.165) is 36.4 Å². The number of tetrazole rings is 1. The summed E-state index contributed by atoms with van der Waals surface area (Å²) in [6.07, 6.45) is 4.96. The van der Waals surface area contributed by atoms with Crippen molar-refractivity contribution in [2.45, 2.75) is 25.7 Å². The van der Waals surface area contributed by atoms with Crippen molar-refractivity contribution < 1.29 is 14.6 Å². The fourth-order valence-electron chi connectivity index (χ4n) is 2.33. The van der Waals surface area contributed by atoms with Gasteiger partial charge in [0.1, 0.15) is 12.4 Å². The van der Waals surface area contributed by atoms with Crippen LogP contribution >= 0.6 is 0 Å². The van der Waals surface area contributed by atoms with Gasteiger partial charge in [-0.15, -0.1) is 11.7 Å². The Labute approximate surface area is 141 Å². The van der Waals surface area contributed by atoms with E-state index in [9.17, 15) is 4.79 Å². The van der Waals surface area contributed by atoms with Gasteiger partial charge in [0.25, 0.3) is 0 Å². The number of unbranched alkanes of at least 4 members (excludes halogenated alkanes) is 1. The lowest BCUT2D eigenvalue weighted by molar-refractivity contribution is 0.0903. The highest BCUT2D eigenvalue weighted by molar-refractivity contribution is 5.97. The molecule has 24 heavy (non-hydrogen) atoms. The molecule has 7 nitrogen and oxygen atoms in total. The van der Waals surface area contributed by atoms with Crippen LogP contribution in [0.25, 0.3) is 0 Å². The van der Waals surface area contributed by atoms with Gasteiger partial charge in [-0.2, -0.15) is 0 Å². The quantitative estimate of drug-likeness (QED) is 0.403. The molecule has 2 rings (SSSR count). The molecule has 2 aromatic rings. The van der Waals surface area contributed by atoms with Crippen molar-refractivity contribution in [1.29, 1.82) is 0 Å². The summed E-state index contributed by atoms with van der Waals surface area (Å²) in [6, 6.07) is 5.20. The summed E-state index contributed by atoms with van der Waals surface area (Å²) in [5.74, 6) is 1.29. The van der Waals surface area contributed by atoms with Crippen molar-refractivity contribution in [3.05, 3.63) is 47.8 Å². The van der Waals surface area contributed by atoms with E-state index in [2.05, 4.69) is 22.1 Å². The minimum Gasteiger partial charge on any atom is -0.493 e. The van der Waals surface area contributed by atoms with Crippen LogP contribution in [0, 0.1) is 0 Å². The summed E-state index contributed by atoms with van der Waals surface area (Å²) in [4.78, 5) is 11.6. The number of benzene rings is 1. The van der Waals surface area contributed by atoms with Crippen molar-refractivity contribution in [1.82, 2.24) is 20.2 Å². The molecule has 0 aliphatic heterocycles. The van der Waals surface area contributed by atoms with Crippen LogP contribution in [0.1, 0.15) is 34.6 Å². The highest BCUT2D eigenvalue weighted by Gasteiger charge is 2.09. The first-order chi connectivity index (χ1) is 11.7. The van der Waals surface area contributed by atoms with E-state index in [1.807, 2.05) is 7.05 Å². The van der Waals surface area contributed by atoms with Gasteiger partial charge in [-0.05, 0) is 53.5 Å². The Morgan fingerprint density at radius 3 is 2.92 bits per heavy atom. The molecule has 0 unspecified atom stereocenters. The Bertz CT molecular complexity index is 697. The van der Waals surface area contributed by atoms with Crippen molar-refractivity contribution >= 4 is 5.78 Å². The average molecular weight is 330 g/mol. The third kappa shape index (κ3) is 4.73. The molecule has 0 bridgehead atoms. The number of nitrogens with zero attached hydrogens (tertiary/aromatic N) is 4. The zero-order chi connectivity index (χ0) is 17.4. The molecule has 0 fully saturated rings. The van der Waals surface area contributed by atoms with Gasteiger partial charge in [-0.3, -0.25) is 4.79 Å². The van der Waals surface area contributed by atoms with Crippen molar-refractivity contribution in [2.24, 2.45) is 7.05 Å². The molecule has 7 heteroatoms. The van der Waals surface area contributed by atoms with Gasteiger partial charge in [-0.1, -0.05) is 6.08 Å². The minimum atomic E-state index is -0.495. The Morgan fingerprint density at radius 2 is 2.25 bits per heavy atom. The first-order valence-corrected chi connectivity index (χ1v) is 7.87. The molecule has 1 N–H and O–H groups in total. The molecule has 0 aliphatic carbocycles. The molecule has 1 heterocycles. The third-order valence-electron chi connectivity index (χ3n) is 3.65. The summed E-state index contributed by atoms with van der Waals surface area (Å²) in [5.41, 5.74) is 1.37. The third-order valence-corrected chi connectivity index (χ3v) is 3.65. The van der Waals surface area contributed by atoms with Gasteiger partial charge in [0.05, 0.1) is 6.61 Å². The summed E-state index contributed by atoms with van der Waals surface area (Å²) in [7, 11) is 1.82. The molecule has 0 radical (unpaired) electrons. The van der Waals surface area contributed by atoms with Gasteiger partial charge >= 0.3 is 0 Å². The Balaban J connectivity index is 1.88. The highest BCUT2D eigenvalue weighted by Crippen LogP contribution is 2.22. The first kappa shape index (κ1) is 17.8. The lowest BCUT2D eigenvalue weighted by Crippen LogP contribution is -2.07. The maximum absolute atomic E-state index is 11.6. The normalized spacial score (nSPS) is 10.6. The Kier molecular flexibility index (Phi) is 6.62. The topological polar surface area (TPSA) is 90.1 Å². The number of Topliss-reactive ketones (excluding diaryl/α,β-unsaturated/α-hetero) is 1. The molecule has 0 atom stereocenters. The summed E-state index contributed by atoms with van der Waals surface area (Å²) >= 11 is 0. The number of carbonyl (C=O) groups excluding carboxylic acids is 1. The van der Waals surface area contributed by atoms with Crippen LogP contribution in [0.4, 0.5) is 0 Å². The number of aryl methyl sites for hydroxylation is 2. The summed E-state index contributed by atoms with van der Waals surface area (Å²) < 4.78 is 7.49. The molecule has 0 amide bonds. The smallest absolute Gasteiger partial charge is 0.188 e. The number of carbonyl (C=O) groups is 1. The average Bonchev–Trinajstić information content (AvgIpc) is 3.00. The van der Waals surface area contributed by atoms with E-state index in [1.165, 1.54) is 0 Å². The monoisotopic (exact) mass is 330 g/mol. The number of hydrogen-bond donors (Lipinski definition) is 1. The van der Waals surface area contributed by atoms with E-state index in [0.29, 0.717) is 18.6 Å². The molecule has 1 aromatic heterocycles. The van der Waals surface area contributed by atoms with E-state index >= 15 is 0 Å². The SMILES string of the molecule is C=CCc1cc(C(=O)CO)ccc1OCCCCc1nnnn1C. The van der Waals surface area contributed by atoms with Crippen LogP contribution in [-0.4, -0.2) is 44.3 Å². The van der Waals surface area contributed by atoms with Gasteiger partial charge < -0.3 is 9.84 Å². The van der Waals surface area contributed by atoms with E-state index < -0.39 is 6.61 Å². The summed E-state index contributed by atoms with van der Waals surface area (Å²) in [5, 5.41) is 20.3. The van der Waals surface area contributed by atoms with Gasteiger partial charge in [0.15, 0.2) is 11.6 Å². The van der Waals surface area contributed by atoms with Gasteiger partial charge in [-0.25, -0.2) is 4.68 Å². The summed E-state index contributed by atoms with van der Waals surface area (Å²) in [6.45, 7) is 3.80. The largest absolute Gasteiger partial charge is 0.493 e. The molecular formula is C17H22N4O3. The van der Waals surface area contributed by atoms with Crippen LogP contribution in [0.5, 0.6) is 5.75 Å². The van der Waals surface area contributed by atoms with Gasteiger partial charge in [0.2, 0.25) is 0 Å². The molecule has 0 saturated carbocycles. The highest BCUT2D eigenvalue weighted by atomic mass is 16.5. The number of aromatic nitrogens is 4. The Morgan fingerprint density at radius 1 is 1.42 bits per heavy atom. The zero-order valence-electron chi connectivity index (χ0n) is 13.8. The lowest BCUT2D eigenvalue weighted by Gasteiger charge is -2.12. The van der Waals surface area contributed by atoms with Crippen LogP contribution in [-0.2, 0) is 19.9 Å². The van der Waals surface area contributed by atoms with Crippen molar-refractivity contribution in [2.75, 3.05) is 13.2 Å². The maximum atomic E-state index is 11.6. The van der Waals surface area contributed by atoms with Crippen LogP contribution in [0.15, 0.2) is 30.9 Å². The molecule has 0 aliphatic rings. The molecule has 1 aromatic carbocycles. The number of ketones is 1. The fraction of sp³-hybridized carbons (Fsp3) is 0.412. The predicted octanol–water partition coefficient (Wildman–Crippen LogP) is 1.52. The van der Waals surface area contributed by atoms with Crippen molar-refractivity contribution in [3.8, 4) is 5.75 Å². The fourth-order valence-corrected chi connectivity index (χ4v) is 2.33. The number of hydrogen-bond acceptors (Lipinski definition) is 6. The number of aliphatic hydroxyl groups is 1. The van der Waals surface area contributed by atoms with E-state index in [1.54, 1.807) is 29.0 Å². The van der Waals surface area contributed by atoms with E-state index in [-0.39, 0.29) is 5.78 Å². The second-order valence-electron chi connectivity index (χ2n) is 5.42. The zero-order valence-corrected chi connectivity index (χ0v) is 13.8. The predicted molar refractivity (Wildman–Crippen MR) is 89.0 cm³/mol. The lowest BCUT2D eigenvalue weighted by atomic mass is 10.0. The van der Waals surface area contributed by atoms with Gasteiger partial charge in [0, 0.05) is 19.0 Å². The number of rotatable bonds is 10. The van der Waals surface area contributed by atoms with E-state index in [4.69, 9.17) is 9.84 Å². The maximum Gasteiger partial charge on any atom is 0.188 e. The van der Waals surface area contributed by atoms with Crippen LogP contribution < -0.4 is 4.74 Å². The molecule has 0 saturated heterocycles. The van der Waals surface area contributed by atoms with Crippen LogP contribution in [0.2, 0.25) is 0 Å². The second-order valence-corrected chi connectivity index (χ2v) is 5.42. The molecule has 0 spiro atoms. The molecule has 128 valence electrons. The van der Waals surface area contributed by atoms with Crippen molar-refractivity contribution in [3.63, 3.8) is 0 Å². The number of ether oxygens (including phenoxy) is 1. The minimum absolute atomic E-state index is 0.302. The molecular weight excluding hydrogens is 308 g/mol. The standard InChI is InChI=1S/C17H22N4O3/c1-3-6-14-11-13(15(23)12-22)8-9-16(14)24-10-5-4-7-17-18-19-20-21(17)2/h3,8-9,11,22H,1,4-7,10,12H2,2H3. The second kappa shape index (κ2) is 8.93. The first-order valence-electron chi connectivity index (χ1n) is 7.87. The number of aliphatic hydroxyl groups excluding tert-OH is 1. The Hall–Kier alpha value is -2.54. The number of allylic oxidation sites excluding steroid dienone is 1. The van der Waals surface area contributed by atoms with Crippen LogP contribution in [0.3, 0.4) is 0 Å².